The van der Waals surface area contributed by atoms with Crippen molar-refractivity contribution in [2.75, 3.05) is 24.5 Å². The van der Waals surface area contributed by atoms with Crippen LogP contribution in [0.4, 0.5) is 5.69 Å². The molecule has 9 nitrogen and oxygen atoms in total. The lowest BCUT2D eigenvalue weighted by Gasteiger charge is -2.29. The average molecular weight is 504 g/mol. The number of hydrogen-bond donors (Lipinski definition) is 1. The van der Waals surface area contributed by atoms with Gasteiger partial charge in [0, 0.05) is 63.3 Å². The summed E-state index contributed by atoms with van der Waals surface area (Å²) in [7, 11) is 0. The molecule has 4 rings (SSSR count). The molecule has 0 spiro atoms. The zero-order valence-electron chi connectivity index (χ0n) is 21.7. The van der Waals surface area contributed by atoms with E-state index in [1.807, 2.05) is 35.4 Å². The van der Waals surface area contributed by atoms with Gasteiger partial charge in [-0.3, -0.25) is 24.2 Å². The number of anilines is 1. The normalized spacial score (nSPS) is 15.3. The minimum Gasteiger partial charge on any atom is -0.352 e. The second-order valence-corrected chi connectivity index (χ2v) is 9.62. The fourth-order valence-electron chi connectivity index (χ4n) is 4.80. The van der Waals surface area contributed by atoms with E-state index in [4.69, 9.17) is 0 Å². The van der Waals surface area contributed by atoms with Crippen LogP contribution in [-0.4, -0.2) is 56.1 Å². The van der Waals surface area contributed by atoms with Crippen molar-refractivity contribution in [2.24, 2.45) is 0 Å². The highest BCUT2D eigenvalue weighted by atomic mass is 16.2. The molecule has 3 aromatic rings. The van der Waals surface area contributed by atoms with Gasteiger partial charge in [-0.25, -0.2) is 4.98 Å². The maximum Gasteiger partial charge on any atom is 0.251 e. The van der Waals surface area contributed by atoms with Crippen LogP contribution in [0, 0.1) is 0 Å². The molecule has 0 radical (unpaired) electrons. The number of hydrogen-bond acceptors (Lipinski definition) is 6. The molecular weight excluding hydrogens is 466 g/mol. The van der Waals surface area contributed by atoms with Crippen molar-refractivity contribution in [3.63, 3.8) is 0 Å². The van der Waals surface area contributed by atoms with E-state index in [2.05, 4.69) is 31.3 Å². The van der Waals surface area contributed by atoms with E-state index in [0.717, 1.165) is 55.6 Å². The lowest BCUT2D eigenvalue weighted by Crippen LogP contribution is -2.33. The first-order chi connectivity index (χ1) is 18.1. The molecule has 0 saturated heterocycles. The molecule has 0 unspecified atom stereocenters. The molecule has 0 fully saturated rings. The number of amides is 2. The second-order valence-electron chi connectivity index (χ2n) is 9.62. The lowest BCUT2D eigenvalue weighted by molar-refractivity contribution is -0.116. The predicted molar refractivity (Wildman–Crippen MR) is 143 cm³/mol. The number of rotatable bonds is 7. The maximum absolute atomic E-state index is 13.0. The molecule has 2 aromatic heterocycles. The maximum atomic E-state index is 13.0. The van der Waals surface area contributed by atoms with Gasteiger partial charge in [0.1, 0.15) is 12.7 Å². The number of aromatic nitrogens is 4. The molecule has 2 amide bonds. The largest absolute Gasteiger partial charge is 0.352 e. The zero-order chi connectivity index (χ0) is 25.9. The van der Waals surface area contributed by atoms with Crippen LogP contribution in [-0.2, 0) is 24.4 Å². The predicted octanol–water partition coefficient (Wildman–Crippen LogP) is 3.81. The highest BCUT2D eigenvalue weighted by molar-refractivity contribution is 5.97. The molecule has 0 aliphatic carbocycles. The Balaban J connectivity index is 1.54. The summed E-state index contributed by atoms with van der Waals surface area (Å²) in [5, 5.41) is 7.11. The second kappa shape index (κ2) is 13.6. The number of benzene rings is 1. The van der Waals surface area contributed by atoms with Crippen LogP contribution in [0.25, 0.3) is 0 Å². The quantitative estimate of drug-likeness (QED) is 0.493. The van der Waals surface area contributed by atoms with Gasteiger partial charge >= 0.3 is 0 Å². The Morgan fingerprint density at radius 2 is 1.86 bits per heavy atom. The van der Waals surface area contributed by atoms with Gasteiger partial charge in [-0.1, -0.05) is 25.3 Å². The smallest absolute Gasteiger partial charge is 0.251 e. The van der Waals surface area contributed by atoms with Crippen LogP contribution in [0.3, 0.4) is 0 Å². The van der Waals surface area contributed by atoms with Crippen molar-refractivity contribution in [3.05, 3.63) is 72.1 Å². The monoisotopic (exact) mass is 503 g/mol. The lowest BCUT2D eigenvalue weighted by atomic mass is 10.0. The van der Waals surface area contributed by atoms with E-state index < -0.39 is 0 Å². The van der Waals surface area contributed by atoms with Gasteiger partial charge < -0.3 is 10.2 Å². The van der Waals surface area contributed by atoms with Crippen molar-refractivity contribution in [1.82, 2.24) is 30.0 Å². The summed E-state index contributed by atoms with van der Waals surface area (Å²) in [6.45, 7) is 5.93. The number of carbonyl (C=O) groups excluding carboxylic acids is 2. The van der Waals surface area contributed by atoms with Crippen LogP contribution < -0.4 is 10.2 Å². The molecule has 37 heavy (non-hydrogen) atoms. The minimum atomic E-state index is -0.110. The van der Waals surface area contributed by atoms with Gasteiger partial charge in [-0.05, 0) is 61.2 Å². The van der Waals surface area contributed by atoms with E-state index in [-0.39, 0.29) is 11.8 Å². The number of pyridine rings is 1. The highest BCUT2D eigenvalue weighted by Crippen LogP contribution is 2.26. The summed E-state index contributed by atoms with van der Waals surface area (Å²) >= 11 is 0. The third kappa shape index (κ3) is 7.95. The number of nitrogens with zero attached hydrogens (tertiary/aromatic N) is 6. The van der Waals surface area contributed by atoms with E-state index >= 15 is 0 Å². The molecule has 3 heterocycles. The van der Waals surface area contributed by atoms with Crippen molar-refractivity contribution < 1.29 is 9.59 Å². The van der Waals surface area contributed by atoms with Gasteiger partial charge in [0.2, 0.25) is 5.91 Å². The first-order valence-electron chi connectivity index (χ1n) is 13.2. The van der Waals surface area contributed by atoms with Crippen molar-refractivity contribution in [3.8, 4) is 0 Å². The Morgan fingerprint density at radius 3 is 2.62 bits per heavy atom. The first-order valence-corrected chi connectivity index (χ1v) is 13.2. The van der Waals surface area contributed by atoms with Crippen molar-refractivity contribution >= 4 is 17.5 Å². The minimum absolute atomic E-state index is 0.0300. The van der Waals surface area contributed by atoms with Crippen LogP contribution >= 0.6 is 0 Å². The number of nitrogens with one attached hydrogen (secondary N) is 1. The third-order valence-electron chi connectivity index (χ3n) is 6.71. The highest BCUT2D eigenvalue weighted by Gasteiger charge is 2.20. The summed E-state index contributed by atoms with van der Waals surface area (Å²) in [4.78, 5) is 38.2. The van der Waals surface area contributed by atoms with Gasteiger partial charge in [-0.15, -0.1) is 0 Å². The average Bonchev–Trinajstić information content (AvgIpc) is 3.41. The summed E-state index contributed by atoms with van der Waals surface area (Å²) in [5.41, 5.74) is 3.65. The van der Waals surface area contributed by atoms with Gasteiger partial charge in [0.15, 0.2) is 0 Å². The number of carbonyl (C=O) groups is 2. The first kappa shape index (κ1) is 26.5. The summed E-state index contributed by atoms with van der Waals surface area (Å²) in [6, 6.07) is 9.78. The Bertz CT molecular complexity index is 1130. The number of aryl methyl sites for hydroxylation is 1. The topological polar surface area (TPSA) is 96.2 Å². The van der Waals surface area contributed by atoms with Gasteiger partial charge in [-0.2, -0.15) is 5.10 Å². The Morgan fingerprint density at radius 1 is 1.03 bits per heavy atom. The van der Waals surface area contributed by atoms with Crippen molar-refractivity contribution in [1.29, 1.82) is 0 Å². The van der Waals surface area contributed by atoms with E-state index in [1.165, 1.54) is 19.2 Å². The Kier molecular flexibility index (Phi) is 9.76. The molecular formula is C28H37N7O2. The molecule has 0 saturated carbocycles. The van der Waals surface area contributed by atoms with Gasteiger partial charge in [0.25, 0.3) is 5.91 Å². The van der Waals surface area contributed by atoms with Crippen molar-refractivity contribution in [2.45, 2.75) is 65.1 Å². The SMILES string of the molecule is CC(=O)N1CCCCCCCN(Cc2cccnc2)Cc2cc(C(=O)NCCCn3cncn3)ccc21. The Hall–Kier alpha value is -3.59. The molecule has 196 valence electrons. The number of fused-ring (bicyclic) bond motifs is 1. The molecule has 1 aliphatic heterocycles. The molecule has 0 atom stereocenters. The fourth-order valence-corrected chi connectivity index (χ4v) is 4.80. The van der Waals surface area contributed by atoms with E-state index in [9.17, 15) is 9.59 Å². The third-order valence-corrected chi connectivity index (χ3v) is 6.71. The molecule has 1 aliphatic rings. The summed E-state index contributed by atoms with van der Waals surface area (Å²) in [5.74, 6) is -0.0804. The summed E-state index contributed by atoms with van der Waals surface area (Å²) in [6.07, 6.45) is 13.2. The van der Waals surface area contributed by atoms with Crippen LogP contribution in [0.1, 0.15) is 66.9 Å². The van der Waals surface area contributed by atoms with Crippen LogP contribution in [0.15, 0.2) is 55.4 Å². The summed E-state index contributed by atoms with van der Waals surface area (Å²) < 4.78 is 1.75. The van der Waals surface area contributed by atoms with E-state index in [0.29, 0.717) is 31.7 Å². The van der Waals surface area contributed by atoms with Crippen LogP contribution in [0.2, 0.25) is 0 Å². The Labute approximate surface area is 218 Å². The molecule has 1 aromatic carbocycles. The zero-order valence-corrected chi connectivity index (χ0v) is 21.7. The standard InChI is InChI=1S/C28H37N7O2/c1-23(36)35-16-6-4-2-3-5-14-33(19-24-9-7-12-29-18-24)20-26-17-25(10-11-27(26)35)28(37)31-13-8-15-34-22-30-21-32-34/h7,9-12,17-18,21-22H,2-6,8,13-16,19-20H2,1H3,(H,31,37). The van der Waals surface area contributed by atoms with Crippen LogP contribution in [0.5, 0.6) is 0 Å². The van der Waals surface area contributed by atoms with E-state index in [1.54, 1.807) is 24.1 Å². The molecule has 0 bridgehead atoms. The molecule has 1 N–H and O–H groups in total. The molecule has 9 heteroatoms. The fraction of sp³-hybridized carbons (Fsp3) is 0.464. The van der Waals surface area contributed by atoms with Gasteiger partial charge in [0.05, 0.1) is 0 Å².